The van der Waals surface area contributed by atoms with Crippen molar-refractivity contribution in [3.05, 3.63) is 65.2 Å². The highest BCUT2D eigenvalue weighted by Gasteiger charge is 2.03. The second kappa shape index (κ2) is 9.07. The number of methoxy groups -OCH3 is 1. The Morgan fingerprint density at radius 2 is 1.82 bits per heavy atom. The number of halogens is 1. The van der Waals surface area contributed by atoms with Gasteiger partial charge in [-0.25, -0.2) is 4.79 Å². The minimum Gasteiger partial charge on any atom is -1.00 e. The molecule has 0 aliphatic rings. The van der Waals surface area contributed by atoms with Crippen molar-refractivity contribution in [1.82, 2.24) is 5.32 Å². The summed E-state index contributed by atoms with van der Waals surface area (Å²) in [6, 6.07) is 14.9. The van der Waals surface area contributed by atoms with Gasteiger partial charge in [0.15, 0.2) is 0 Å². The summed E-state index contributed by atoms with van der Waals surface area (Å²) in [6.45, 7) is 1.55. The molecular weight excluding hydrogens is 302 g/mol. The van der Waals surface area contributed by atoms with E-state index in [9.17, 15) is 4.79 Å². The predicted molar refractivity (Wildman–Crippen MR) is 81.8 cm³/mol. The summed E-state index contributed by atoms with van der Waals surface area (Å²) in [6.07, 6.45) is 0.886. The molecule has 22 heavy (non-hydrogen) atoms. The number of carboxylic acids is 1. The van der Waals surface area contributed by atoms with Crippen LogP contribution in [0.4, 0.5) is 0 Å². The fourth-order valence-electron chi connectivity index (χ4n) is 2.13. The molecule has 118 valence electrons. The molecule has 0 amide bonds. The molecule has 4 nitrogen and oxygen atoms in total. The second-order valence-electron chi connectivity index (χ2n) is 4.74. The van der Waals surface area contributed by atoms with Gasteiger partial charge in [0.2, 0.25) is 0 Å². The Balaban J connectivity index is 0.00000242. The lowest BCUT2D eigenvalue weighted by Gasteiger charge is -2.09. The zero-order valence-corrected chi connectivity index (χ0v) is 13.1. The molecule has 0 saturated carbocycles. The van der Waals surface area contributed by atoms with Gasteiger partial charge < -0.3 is 27.6 Å². The lowest BCUT2D eigenvalue weighted by Crippen LogP contribution is -3.00. The fraction of sp³-hybridized carbons (Fsp3) is 0.235. The molecule has 0 spiro atoms. The Bertz CT molecular complexity index is 599. The third kappa shape index (κ3) is 5.06. The van der Waals surface area contributed by atoms with Gasteiger partial charge in [-0.2, -0.15) is 0 Å². The van der Waals surface area contributed by atoms with E-state index in [-0.39, 0.29) is 12.4 Å². The Labute approximate surface area is 136 Å². The normalized spacial score (nSPS) is 9.86. The lowest BCUT2D eigenvalue weighted by molar-refractivity contribution is -0.0000201. The van der Waals surface area contributed by atoms with Gasteiger partial charge in [-0.15, -0.1) is 0 Å². The minimum atomic E-state index is -0.898. The molecule has 0 radical (unpaired) electrons. The molecule has 0 bridgehead atoms. The van der Waals surface area contributed by atoms with Crippen LogP contribution < -0.4 is 22.5 Å². The van der Waals surface area contributed by atoms with Crippen molar-refractivity contribution in [3.8, 4) is 5.75 Å². The first-order chi connectivity index (χ1) is 10.2. The molecule has 0 heterocycles. The van der Waals surface area contributed by atoms with E-state index in [2.05, 4.69) is 11.4 Å². The maximum Gasteiger partial charge on any atom is 0.335 e. The summed E-state index contributed by atoms with van der Waals surface area (Å²) >= 11 is 0. The van der Waals surface area contributed by atoms with Crippen LogP contribution in [0.3, 0.4) is 0 Å². The molecule has 2 aromatic carbocycles. The Hall–Kier alpha value is -2.04. The first-order valence-corrected chi connectivity index (χ1v) is 6.85. The van der Waals surface area contributed by atoms with Crippen molar-refractivity contribution in [2.45, 2.75) is 13.0 Å². The topological polar surface area (TPSA) is 58.6 Å². The standard InChI is InChI=1S/C17H19NO3.ClH/c1-21-16-5-3-2-4-14(16)10-11-18-12-13-6-8-15(9-7-13)17(19)20;/h2-9,18H,10-12H2,1H3,(H,19,20);1H/p-1. The number of ether oxygens (including phenoxy) is 1. The van der Waals surface area contributed by atoms with Gasteiger partial charge in [0, 0.05) is 6.54 Å². The van der Waals surface area contributed by atoms with E-state index in [1.165, 1.54) is 5.56 Å². The van der Waals surface area contributed by atoms with Crippen LogP contribution in [-0.2, 0) is 13.0 Å². The average Bonchev–Trinajstić information content (AvgIpc) is 2.52. The summed E-state index contributed by atoms with van der Waals surface area (Å²) < 4.78 is 5.31. The van der Waals surface area contributed by atoms with E-state index < -0.39 is 5.97 Å². The number of para-hydroxylation sites is 1. The van der Waals surface area contributed by atoms with Gasteiger partial charge in [-0.3, -0.25) is 0 Å². The predicted octanol–water partition coefficient (Wildman–Crippen LogP) is -0.270. The fourth-order valence-corrected chi connectivity index (χ4v) is 2.13. The molecule has 0 aliphatic heterocycles. The van der Waals surface area contributed by atoms with Crippen LogP contribution in [0.15, 0.2) is 48.5 Å². The lowest BCUT2D eigenvalue weighted by atomic mass is 10.1. The van der Waals surface area contributed by atoms with Crippen LogP contribution in [0, 0.1) is 0 Å². The highest BCUT2D eigenvalue weighted by molar-refractivity contribution is 5.87. The zero-order chi connectivity index (χ0) is 15.1. The van der Waals surface area contributed by atoms with Crippen molar-refractivity contribution in [2.75, 3.05) is 13.7 Å². The molecule has 0 aromatic heterocycles. The third-order valence-electron chi connectivity index (χ3n) is 3.29. The van der Waals surface area contributed by atoms with E-state index in [4.69, 9.17) is 9.84 Å². The van der Waals surface area contributed by atoms with Gasteiger partial charge in [-0.05, 0) is 42.3 Å². The number of carbonyl (C=O) groups is 1. The molecule has 0 saturated heterocycles. The summed E-state index contributed by atoms with van der Waals surface area (Å²) in [5.41, 5.74) is 2.56. The SMILES string of the molecule is COc1ccccc1CCNCc1ccc(C(=O)O)cc1.[Cl-]. The second-order valence-corrected chi connectivity index (χ2v) is 4.74. The number of hydrogen-bond donors (Lipinski definition) is 2. The number of rotatable bonds is 7. The monoisotopic (exact) mass is 320 g/mol. The first kappa shape index (κ1) is 18.0. The molecular formula is C17H19ClNO3-. The summed E-state index contributed by atoms with van der Waals surface area (Å²) in [5, 5.41) is 12.2. The number of aromatic carboxylic acids is 1. The van der Waals surface area contributed by atoms with E-state index in [1.54, 1.807) is 19.2 Å². The molecule has 2 rings (SSSR count). The minimum absolute atomic E-state index is 0. The van der Waals surface area contributed by atoms with Crippen molar-refractivity contribution in [2.24, 2.45) is 0 Å². The maximum atomic E-state index is 10.8. The summed E-state index contributed by atoms with van der Waals surface area (Å²) in [7, 11) is 1.68. The number of nitrogens with one attached hydrogen (secondary N) is 1. The van der Waals surface area contributed by atoms with Crippen LogP contribution in [0.2, 0.25) is 0 Å². The molecule has 0 fully saturated rings. The van der Waals surface area contributed by atoms with Crippen LogP contribution >= 0.6 is 0 Å². The van der Waals surface area contributed by atoms with Gasteiger partial charge in [0.05, 0.1) is 12.7 Å². The van der Waals surface area contributed by atoms with Gasteiger partial charge >= 0.3 is 5.97 Å². The van der Waals surface area contributed by atoms with Gasteiger partial charge in [0.25, 0.3) is 0 Å². The molecule has 5 heteroatoms. The molecule has 2 N–H and O–H groups in total. The van der Waals surface area contributed by atoms with Crippen LogP contribution in [-0.4, -0.2) is 24.7 Å². The van der Waals surface area contributed by atoms with E-state index in [1.807, 2.05) is 30.3 Å². The highest BCUT2D eigenvalue weighted by atomic mass is 35.5. The van der Waals surface area contributed by atoms with Crippen LogP contribution in [0.1, 0.15) is 21.5 Å². The van der Waals surface area contributed by atoms with E-state index >= 15 is 0 Å². The van der Waals surface area contributed by atoms with Crippen molar-refractivity contribution >= 4 is 5.97 Å². The number of benzene rings is 2. The van der Waals surface area contributed by atoms with Crippen molar-refractivity contribution in [3.63, 3.8) is 0 Å². The van der Waals surface area contributed by atoms with E-state index in [0.29, 0.717) is 5.56 Å². The Morgan fingerprint density at radius 1 is 1.14 bits per heavy atom. The zero-order valence-electron chi connectivity index (χ0n) is 12.4. The Kier molecular flexibility index (Phi) is 7.43. The third-order valence-corrected chi connectivity index (χ3v) is 3.29. The number of carboxylic acid groups (broad SMARTS) is 1. The molecule has 0 atom stereocenters. The van der Waals surface area contributed by atoms with Crippen LogP contribution in [0.5, 0.6) is 5.75 Å². The van der Waals surface area contributed by atoms with Gasteiger partial charge in [0.1, 0.15) is 5.75 Å². The summed E-state index contributed by atoms with van der Waals surface area (Å²) in [4.78, 5) is 10.8. The largest absolute Gasteiger partial charge is 1.00 e. The maximum absolute atomic E-state index is 10.8. The highest BCUT2D eigenvalue weighted by Crippen LogP contribution is 2.17. The average molecular weight is 321 g/mol. The first-order valence-electron chi connectivity index (χ1n) is 6.85. The Morgan fingerprint density at radius 3 is 2.45 bits per heavy atom. The smallest absolute Gasteiger partial charge is 0.335 e. The van der Waals surface area contributed by atoms with Crippen molar-refractivity contribution in [1.29, 1.82) is 0 Å². The van der Waals surface area contributed by atoms with E-state index in [0.717, 1.165) is 30.8 Å². The van der Waals surface area contributed by atoms with Crippen LogP contribution in [0.25, 0.3) is 0 Å². The summed E-state index contributed by atoms with van der Waals surface area (Å²) in [5.74, 6) is 0.00999. The molecule has 0 unspecified atom stereocenters. The van der Waals surface area contributed by atoms with Crippen molar-refractivity contribution < 1.29 is 27.0 Å². The molecule has 2 aromatic rings. The molecule has 0 aliphatic carbocycles. The quantitative estimate of drug-likeness (QED) is 0.690. The number of hydrogen-bond acceptors (Lipinski definition) is 3. The van der Waals surface area contributed by atoms with Gasteiger partial charge in [-0.1, -0.05) is 30.3 Å².